The van der Waals surface area contributed by atoms with Crippen molar-refractivity contribution in [3.8, 4) is 0 Å². The fraction of sp³-hybridized carbons (Fsp3) is 0.731. The van der Waals surface area contributed by atoms with Gasteiger partial charge in [0, 0.05) is 16.6 Å². The number of nitrogens with one attached hydrogen (secondary N) is 1. The first-order chi connectivity index (χ1) is 13.7. The van der Waals surface area contributed by atoms with Crippen LogP contribution < -0.4 is 5.32 Å². The SMILES string of the molecule is CCCC1CCC(c2ccc(C(=O)COC3CC(C)(C)NC(C)(C)C3)cc2)CC1. The summed E-state index contributed by atoms with van der Waals surface area (Å²) in [4.78, 5) is 12.7. The number of carbonyl (C=O) groups is 1. The number of ketones is 1. The summed E-state index contributed by atoms with van der Waals surface area (Å²) in [6.45, 7) is 11.3. The van der Waals surface area contributed by atoms with Crippen molar-refractivity contribution in [1.82, 2.24) is 5.32 Å². The monoisotopic (exact) mass is 399 g/mol. The largest absolute Gasteiger partial charge is 0.370 e. The highest BCUT2D eigenvalue weighted by Crippen LogP contribution is 2.37. The molecule has 1 aliphatic heterocycles. The van der Waals surface area contributed by atoms with Crippen LogP contribution in [0.4, 0.5) is 0 Å². The van der Waals surface area contributed by atoms with Crippen molar-refractivity contribution in [3.05, 3.63) is 35.4 Å². The van der Waals surface area contributed by atoms with Crippen LogP contribution >= 0.6 is 0 Å². The minimum absolute atomic E-state index is 0.0350. The molecule has 162 valence electrons. The average Bonchev–Trinajstić information content (AvgIpc) is 2.65. The molecule has 1 aromatic carbocycles. The Bertz CT molecular complexity index is 652. The van der Waals surface area contributed by atoms with Gasteiger partial charge in [-0.3, -0.25) is 4.79 Å². The Morgan fingerprint density at radius 2 is 1.59 bits per heavy atom. The van der Waals surface area contributed by atoms with Gasteiger partial charge in [-0.25, -0.2) is 0 Å². The molecule has 2 fully saturated rings. The highest BCUT2D eigenvalue weighted by molar-refractivity contribution is 5.97. The second-order valence-electron chi connectivity index (χ2n) is 10.8. The Morgan fingerprint density at radius 1 is 1.00 bits per heavy atom. The zero-order chi connectivity index (χ0) is 21.1. The first-order valence-corrected chi connectivity index (χ1v) is 11.7. The van der Waals surface area contributed by atoms with Crippen molar-refractivity contribution < 1.29 is 9.53 Å². The van der Waals surface area contributed by atoms with Crippen LogP contribution in [0.15, 0.2) is 24.3 Å². The van der Waals surface area contributed by atoms with E-state index in [2.05, 4.69) is 52.1 Å². The Labute approximate surface area is 178 Å². The zero-order valence-corrected chi connectivity index (χ0v) is 19.2. The molecule has 3 nitrogen and oxygen atoms in total. The van der Waals surface area contributed by atoms with E-state index in [-0.39, 0.29) is 29.6 Å². The Hall–Kier alpha value is -1.19. The van der Waals surface area contributed by atoms with Gasteiger partial charge in [-0.15, -0.1) is 0 Å². The van der Waals surface area contributed by atoms with Crippen LogP contribution in [0.3, 0.4) is 0 Å². The van der Waals surface area contributed by atoms with Crippen LogP contribution in [0.25, 0.3) is 0 Å². The number of carbonyl (C=O) groups excluding carboxylic acids is 1. The summed E-state index contributed by atoms with van der Waals surface area (Å²) in [6, 6.07) is 8.37. The number of hydrogen-bond donors (Lipinski definition) is 1. The Morgan fingerprint density at radius 3 is 2.14 bits per heavy atom. The highest BCUT2D eigenvalue weighted by Gasteiger charge is 2.38. The summed E-state index contributed by atoms with van der Waals surface area (Å²) < 4.78 is 6.06. The maximum absolute atomic E-state index is 12.7. The molecule has 0 atom stereocenters. The normalized spacial score (nSPS) is 26.9. The molecule has 1 aliphatic carbocycles. The molecule has 1 aromatic rings. The molecule has 1 saturated heterocycles. The minimum Gasteiger partial charge on any atom is -0.370 e. The maximum Gasteiger partial charge on any atom is 0.188 e. The molecule has 1 heterocycles. The van der Waals surface area contributed by atoms with Crippen molar-refractivity contribution in [1.29, 1.82) is 0 Å². The summed E-state index contributed by atoms with van der Waals surface area (Å²) in [5.41, 5.74) is 2.25. The number of benzene rings is 1. The molecule has 0 amide bonds. The lowest BCUT2D eigenvalue weighted by Crippen LogP contribution is -2.59. The molecule has 1 N–H and O–H groups in total. The van der Waals surface area contributed by atoms with Crippen LogP contribution in [0.5, 0.6) is 0 Å². The third-order valence-corrected chi connectivity index (χ3v) is 6.85. The molecule has 0 radical (unpaired) electrons. The van der Waals surface area contributed by atoms with Gasteiger partial charge >= 0.3 is 0 Å². The van der Waals surface area contributed by atoms with Crippen molar-refractivity contribution >= 4 is 5.78 Å². The third-order valence-electron chi connectivity index (χ3n) is 6.85. The van der Waals surface area contributed by atoms with Crippen molar-refractivity contribution in [2.45, 2.75) is 109 Å². The smallest absolute Gasteiger partial charge is 0.188 e. The molecule has 0 unspecified atom stereocenters. The first-order valence-electron chi connectivity index (χ1n) is 11.7. The number of rotatable bonds is 7. The van der Waals surface area contributed by atoms with E-state index in [9.17, 15) is 4.79 Å². The number of Topliss-reactive ketones (excluding diaryl/α,β-unsaturated/α-hetero) is 1. The molecule has 0 spiro atoms. The molecule has 0 aromatic heterocycles. The van der Waals surface area contributed by atoms with Gasteiger partial charge < -0.3 is 10.1 Å². The van der Waals surface area contributed by atoms with Gasteiger partial charge in [0.05, 0.1) is 6.10 Å². The van der Waals surface area contributed by atoms with Crippen LogP contribution in [-0.4, -0.2) is 29.6 Å². The topological polar surface area (TPSA) is 38.3 Å². The summed E-state index contributed by atoms with van der Waals surface area (Å²) in [5, 5.41) is 3.66. The standard InChI is InChI=1S/C26H41NO2/c1-6-7-19-8-10-20(11-9-19)21-12-14-22(15-13-21)24(28)18-29-23-16-25(2,3)27-26(4,5)17-23/h12-15,19-20,23,27H,6-11,16-18H2,1-5H3. The van der Waals surface area contributed by atoms with E-state index >= 15 is 0 Å². The fourth-order valence-electron chi connectivity index (χ4n) is 5.76. The van der Waals surface area contributed by atoms with E-state index in [1.54, 1.807) is 0 Å². The van der Waals surface area contributed by atoms with E-state index < -0.39 is 0 Å². The maximum atomic E-state index is 12.7. The van der Waals surface area contributed by atoms with Crippen molar-refractivity contribution in [2.24, 2.45) is 5.92 Å². The van der Waals surface area contributed by atoms with Gasteiger partial charge in [0.25, 0.3) is 0 Å². The van der Waals surface area contributed by atoms with Gasteiger partial charge in [-0.05, 0) is 83.6 Å². The third kappa shape index (κ3) is 6.39. The minimum atomic E-state index is 0.0350. The molecule has 1 saturated carbocycles. The number of hydrogen-bond acceptors (Lipinski definition) is 3. The van der Waals surface area contributed by atoms with Crippen LogP contribution in [0, 0.1) is 5.92 Å². The van der Waals surface area contributed by atoms with Gasteiger partial charge in [0.15, 0.2) is 5.78 Å². The van der Waals surface area contributed by atoms with Crippen molar-refractivity contribution in [2.75, 3.05) is 6.61 Å². The zero-order valence-electron chi connectivity index (χ0n) is 19.2. The van der Waals surface area contributed by atoms with Crippen LogP contribution in [0.2, 0.25) is 0 Å². The molecular formula is C26H41NO2. The van der Waals surface area contributed by atoms with E-state index in [0.29, 0.717) is 5.92 Å². The lowest BCUT2D eigenvalue weighted by atomic mass is 9.77. The second-order valence-corrected chi connectivity index (χ2v) is 10.8. The van der Waals surface area contributed by atoms with Gasteiger partial charge in [0.2, 0.25) is 0 Å². The Kier molecular flexibility index (Phi) is 7.22. The van der Waals surface area contributed by atoms with Gasteiger partial charge in [0.1, 0.15) is 6.61 Å². The summed E-state index contributed by atoms with van der Waals surface area (Å²) in [7, 11) is 0. The first kappa shape index (κ1) is 22.5. The predicted octanol–water partition coefficient (Wildman–Crippen LogP) is 6.27. The molecular weight excluding hydrogens is 358 g/mol. The molecule has 3 rings (SSSR count). The molecule has 29 heavy (non-hydrogen) atoms. The van der Waals surface area contributed by atoms with Crippen LogP contribution in [0.1, 0.15) is 108 Å². The second kappa shape index (κ2) is 9.31. The molecule has 3 heteroatoms. The predicted molar refractivity (Wildman–Crippen MR) is 121 cm³/mol. The fourth-order valence-corrected chi connectivity index (χ4v) is 5.76. The molecule has 2 aliphatic rings. The van der Waals surface area contributed by atoms with Crippen molar-refractivity contribution in [3.63, 3.8) is 0 Å². The quantitative estimate of drug-likeness (QED) is 0.549. The summed E-state index contributed by atoms with van der Waals surface area (Å²) >= 11 is 0. The van der Waals surface area contributed by atoms with Gasteiger partial charge in [-0.1, -0.05) is 44.0 Å². The van der Waals surface area contributed by atoms with E-state index in [0.717, 1.165) is 24.3 Å². The van der Waals surface area contributed by atoms with E-state index in [1.807, 2.05) is 12.1 Å². The summed E-state index contributed by atoms with van der Waals surface area (Å²) in [5.74, 6) is 1.69. The van der Waals surface area contributed by atoms with Gasteiger partial charge in [-0.2, -0.15) is 0 Å². The average molecular weight is 400 g/mol. The number of ether oxygens (including phenoxy) is 1. The lowest BCUT2D eigenvalue weighted by Gasteiger charge is -2.46. The summed E-state index contributed by atoms with van der Waals surface area (Å²) in [6.07, 6.45) is 9.98. The number of piperidine rings is 1. The van der Waals surface area contributed by atoms with E-state index in [1.165, 1.54) is 44.1 Å². The van der Waals surface area contributed by atoms with E-state index in [4.69, 9.17) is 4.74 Å². The molecule has 0 bridgehead atoms. The lowest BCUT2D eigenvalue weighted by molar-refractivity contribution is -0.0157. The Balaban J connectivity index is 1.50. The highest BCUT2D eigenvalue weighted by atomic mass is 16.5. The van der Waals surface area contributed by atoms with Crippen LogP contribution in [-0.2, 0) is 4.74 Å².